The average molecular weight is 636 g/mol. The highest BCUT2D eigenvalue weighted by Crippen LogP contribution is 2.39. The number of phenols is 1. The molecular weight excluding hydrogens is 603 g/mol. The first-order valence-electron chi connectivity index (χ1n) is 13.4. The zero-order valence-corrected chi connectivity index (χ0v) is 24.4. The fraction of sp³-hybridized carbons (Fsp3) is 0.345. The normalized spacial score (nSPS) is 13.7. The predicted molar refractivity (Wildman–Crippen MR) is 153 cm³/mol. The molecule has 0 radical (unpaired) electrons. The van der Waals surface area contributed by atoms with E-state index >= 15 is 0 Å². The molecule has 1 aromatic heterocycles. The van der Waals surface area contributed by atoms with Crippen LogP contribution in [0.25, 0.3) is 11.4 Å². The number of fused-ring (bicyclic) bond motifs is 1. The van der Waals surface area contributed by atoms with Crippen LogP contribution in [0.5, 0.6) is 11.5 Å². The Morgan fingerprint density at radius 2 is 1.76 bits per heavy atom. The van der Waals surface area contributed by atoms with E-state index < -0.39 is 35.3 Å². The number of amides is 1. The van der Waals surface area contributed by atoms with Gasteiger partial charge in [0, 0.05) is 48.0 Å². The van der Waals surface area contributed by atoms with E-state index in [9.17, 15) is 37.8 Å². The van der Waals surface area contributed by atoms with Crippen LogP contribution in [0.4, 0.5) is 18.9 Å². The van der Waals surface area contributed by atoms with E-state index in [1.54, 1.807) is 11.6 Å². The standard InChI is InChI=1S/C25H28F3N5O4.C4H4O4/c1-14-30-23(15-4-6-16(7-5-15)25(26,27)28)32-33(14)9-8-24(2,3)29-12-20(35)18-10-17(34)11-19-22(18)37-13-21(36)31-19;5-3(6)1-2-4(7)8/h4-7,10-11,20,29,34-35H,8-9,12-13H2,1-3H3,(H,31,36);1-2H,(H,5,6)(H,7,8). The molecule has 0 aliphatic carbocycles. The largest absolute Gasteiger partial charge is 0.508 e. The number of carbonyl (C=O) groups excluding carboxylic acids is 1. The molecule has 1 unspecified atom stereocenters. The van der Waals surface area contributed by atoms with Crippen molar-refractivity contribution in [3.63, 3.8) is 0 Å². The number of carbonyl (C=O) groups is 3. The number of halogens is 3. The van der Waals surface area contributed by atoms with Crippen LogP contribution in [0, 0.1) is 6.92 Å². The SMILES string of the molecule is Cc1nc(-c2ccc(C(F)(F)F)cc2)nn1CCC(C)(C)NCC(O)c1cc(O)cc2c1OCC(=O)N2.O=C(O)C=CC(=O)O. The van der Waals surface area contributed by atoms with Gasteiger partial charge in [-0.3, -0.25) is 4.79 Å². The first-order chi connectivity index (χ1) is 20.9. The molecule has 1 atom stereocenters. The maximum atomic E-state index is 12.8. The molecule has 4 rings (SSSR count). The minimum Gasteiger partial charge on any atom is -0.508 e. The summed E-state index contributed by atoms with van der Waals surface area (Å²) < 4.78 is 45.6. The van der Waals surface area contributed by atoms with Gasteiger partial charge in [-0.25, -0.2) is 19.3 Å². The molecule has 2 heterocycles. The Labute approximate surface area is 255 Å². The number of hydrogen-bond donors (Lipinski definition) is 6. The van der Waals surface area contributed by atoms with Gasteiger partial charge in [-0.2, -0.15) is 18.3 Å². The number of alkyl halides is 3. The number of β-amino-alcohol motifs (C(OH)–C–C–N with tert-alkyl or cyclic N) is 1. The van der Waals surface area contributed by atoms with Crippen LogP contribution < -0.4 is 15.4 Å². The third-order valence-electron chi connectivity index (χ3n) is 6.50. The number of ether oxygens (including phenoxy) is 1. The van der Waals surface area contributed by atoms with E-state index in [4.69, 9.17) is 14.9 Å². The summed E-state index contributed by atoms with van der Waals surface area (Å²) >= 11 is 0. The number of aliphatic hydroxyl groups excluding tert-OH is 1. The molecule has 45 heavy (non-hydrogen) atoms. The van der Waals surface area contributed by atoms with Crippen LogP contribution in [0.1, 0.15) is 43.3 Å². The third-order valence-corrected chi connectivity index (χ3v) is 6.50. The number of rotatable bonds is 10. The van der Waals surface area contributed by atoms with Crippen LogP contribution in [-0.4, -0.2) is 71.7 Å². The van der Waals surface area contributed by atoms with Crippen molar-refractivity contribution in [1.82, 2.24) is 20.1 Å². The lowest BCUT2D eigenvalue weighted by Gasteiger charge is -2.29. The minimum atomic E-state index is -4.41. The monoisotopic (exact) mass is 635 g/mol. The van der Waals surface area contributed by atoms with Crippen molar-refractivity contribution in [2.75, 3.05) is 18.5 Å². The molecule has 0 saturated carbocycles. The zero-order valence-electron chi connectivity index (χ0n) is 24.4. The number of phenolic OH excluding ortho intramolecular Hbond substituents is 1. The molecule has 1 aliphatic heterocycles. The van der Waals surface area contributed by atoms with E-state index in [0.717, 1.165) is 12.1 Å². The number of carboxylic acids is 2. The number of aromatic nitrogens is 3. The van der Waals surface area contributed by atoms with Crippen molar-refractivity contribution in [2.24, 2.45) is 0 Å². The Hall–Kier alpha value is -4.96. The van der Waals surface area contributed by atoms with Gasteiger partial charge in [0.25, 0.3) is 5.91 Å². The summed E-state index contributed by atoms with van der Waals surface area (Å²) in [6, 6.07) is 7.48. The molecule has 1 aliphatic rings. The Morgan fingerprint density at radius 3 is 2.33 bits per heavy atom. The topological polar surface area (TPSA) is 196 Å². The highest BCUT2D eigenvalue weighted by atomic mass is 19.4. The zero-order chi connectivity index (χ0) is 33.5. The molecule has 242 valence electrons. The lowest BCUT2D eigenvalue weighted by Crippen LogP contribution is -2.42. The van der Waals surface area contributed by atoms with Crippen molar-refractivity contribution < 1.29 is 52.7 Å². The number of anilines is 1. The lowest BCUT2D eigenvalue weighted by atomic mass is 9.99. The fourth-order valence-electron chi connectivity index (χ4n) is 4.12. The van der Waals surface area contributed by atoms with E-state index in [1.807, 2.05) is 13.8 Å². The summed E-state index contributed by atoms with van der Waals surface area (Å²) in [6.45, 7) is 6.13. The summed E-state index contributed by atoms with van der Waals surface area (Å²) in [5, 5.41) is 46.8. The van der Waals surface area contributed by atoms with Gasteiger partial charge in [-0.15, -0.1) is 0 Å². The summed E-state index contributed by atoms with van der Waals surface area (Å²) in [5.41, 5.74) is -0.0327. The number of hydrogen-bond acceptors (Lipinski definition) is 9. The summed E-state index contributed by atoms with van der Waals surface area (Å²) in [5.74, 6) is -1.69. The fourth-order valence-corrected chi connectivity index (χ4v) is 4.12. The predicted octanol–water partition coefficient (Wildman–Crippen LogP) is 3.51. The highest BCUT2D eigenvalue weighted by Gasteiger charge is 2.30. The molecule has 0 saturated heterocycles. The molecule has 0 spiro atoms. The maximum Gasteiger partial charge on any atom is 0.416 e. The van der Waals surface area contributed by atoms with Gasteiger partial charge in [-0.1, -0.05) is 12.1 Å². The van der Waals surface area contributed by atoms with Crippen LogP contribution in [0.15, 0.2) is 48.6 Å². The molecular formula is C29H32F3N5O8. The smallest absolute Gasteiger partial charge is 0.416 e. The molecule has 16 heteroatoms. The minimum absolute atomic E-state index is 0.108. The Balaban J connectivity index is 0.000000610. The Kier molecular flexibility index (Phi) is 10.9. The second-order valence-electron chi connectivity index (χ2n) is 10.6. The Bertz CT molecular complexity index is 1550. The van der Waals surface area contributed by atoms with Crippen molar-refractivity contribution in [2.45, 2.75) is 51.6 Å². The summed E-state index contributed by atoms with van der Waals surface area (Å²) in [7, 11) is 0. The van der Waals surface area contributed by atoms with E-state index in [-0.39, 0.29) is 24.8 Å². The molecule has 0 bridgehead atoms. The van der Waals surface area contributed by atoms with Crippen LogP contribution in [0.3, 0.4) is 0 Å². The number of nitrogens with zero attached hydrogens (tertiary/aromatic N) is 3. The number of benzene rings is 2. The van der Waals surface area contributed by atoms with Crippen molar-refractivity contribution in [3.8, 4) is 22.9 Å². The van der Waals surface area contributed by atoms with Crippen molar-refractivity contribution >= 4 is 23.5 Å². The van der Waals surface area contributed by atoms with Gasteiger partial charge in [0.05, 0.1) is 17.4 Å². The number of nitrogens with one attached hydrogen (secondary N) is 2. The lowest BCUT2D eigenvalue weighted by molar-refractivity contribution is -0.137. The van der Waals surface area contributed by atoms with Gasteiger partial charge in [0.15, 0.2) is 12.4 Å². The molecule has 6 N–H and O–H groups in total. The Morgan fingerprint density at radius 1 is 1.13 bits per heavy atom. The average Bonchev–Trinajstić information content (AvgIpc) is 3.33. The molecule has 1 amide bonds. The van der Waals surface area contributed by atoms with Gasteiger partial charge >= 0.3 is 18.1 Å². The number of aromatic hydroxyl groups is 1. The second-order valence-corrected chi connectivity index (χ2v) is 10.6. The second kappa shape index (κ2) is 14.2. The molecule has 0 fully saturated rings. The van der Waals surface area contributed by atoms with Crippen molar-refractivity contribution in [1.29, 1.82) is 0 Å². The van der Waals surface area contributed by atoms with Gasteiger partial charge in [-0.05, 0) is 45.4 Å². The number of carboxylic acid groups (broad SMARTS) is 2. The number of aliphatic carboxylic acids is 2. The summed E-state index contributed by atoms with van der Waals surface area (Å²) in [6.07, 6.45) is -3.71. The summed E-state index contributed by atoms with van der Waals surface area (Å²) in [4.78, 5) is 35.1. The first-order valence-corrected chi connectivity index (χ1v) is 13.4. The quantitative estimate of drug-likeness (QED) is 0.178. The third kappa shape index (κ3) is 10.0. The van der Waals surface area contributed by atoms with E-state index in [2.05, 4.69) is 20.7 Å². The maximum absolute atomic E-state index is 12.8. The van der Waals surface area contributed by atoms with Gasteiger partial charge < -0.3 is 35.8 Å². The van der Waals surface area contributed by atoms with E-state index in [1.165, 1.54) is 24.3 Å². The number of aryl methyl sites for hydroxylation is 2. The van der Waals surface area contributed by atoms with Gasteiger partial charge in [0.2, 0.25) is 0 Å². The van der Waals surface area contributed by atoms with Crippen molar-refractivity contribution in [3.05, 3.63) is 65.5 Å². The van der Waals surface area contributed by atoms with Gasteiger partial charge in [0.1, 0.15) is 17.3 Å². The number of aliphatic hydroxyl groups is 1. The van der Waals surface area contributed by atoms with Crippen LogP contribution in [-0.2, 0) is 27.1 Å². The first kappa shape index (κ1) is 34.5. The van der Waals surface area contributed by atoms with Crippen LogP contribution in [0.2, 0.25) is 0 Å². The molecule has 3 aromatic rings. The van der Waals surface area contributed by atoms with E-state index in [0.29, 0.717) is 59.3 Å². The highest BCUT2D eigenvalue weighted by molar-refractivity contribution is 5.96. The molecule has 13 nitrogen and oxygen atoms in total. The van der Waals surface area contributed by atoms with Crippen LogP contribution >= 0.6 is 0 Å². The molecule has 2 aromatic carbocycles.